The van der Waals surface area contributed by atoms with Crippen molar-refractivity contribution < 1.29 is 9.47 Å². The van der Waals surface area contributed by atoms with Crippen LogP contribution in [0.4, 0.5) is 0 Å². The summed E-state index contributed by atoms with van der Waals surface area (Å²) in [5, 5.41) is 0. The first-order chi connectivity index (χ1) is 8.31. The Bertz CT molecular complexity index is 405. The average molecular weight is 346 g/mol. The molecule has 0 bridgehead atoms. The third-order valence-electron chi connectivity index (χ3n) is 3.16. The lowest BCUT2D eigenvalue weighted by Gasteiger charge is -2.31. The molecule has 92 valence electrons. The molecular formula is C12H15IN2O2. The maximum atomic E-state index is 5.40. The van der Waals surface area contributed by atoms with Crippen LogP contribution in [0.5, 0.6) is 11.5 Å². The van der Waals surface area contributed by atoms with Gasteiger partial charge in [0, 0.05) is 55.6 Å². The van der Waals surface area contributed by atoms with E-state index in [9.17, 15) is 0 Å². The second kappa shape index (κ2) is 4.99. The number of hydrogen-bond acceptors (Lipinski definition) is 4. The molecule has 4 nitrogen and oxygen atoms in total. The fraction of sp³-hybridized carbons (Fsp3) is 0.500. The summed E-state index contributed by atoms with van der Waals surface area (Å²) in [5.74, 6) is 1.75. The van der Waals surface area contributed by atoms with Crippen LogP contribution in [0.1, 0.15) is 5.56 Å². The largest absolute Gasteiger partial charge is 0.454 e. The number of halogens is 1. The Morgan fingerprint density at radius 2 is 1.82 bits per heavy atom. The van der Waals surface area contributed by atoms with E-state index in [1.807, 2.05) is 6.07 Å². The highest BCUT2D eigenvalue weighted by Crippen LogP contribution is 2.32. The van der Waals surface area contributed by atoms with Crippen molar-refractivity contribution in [2.24, 2.45) is 0 Å². The van der Waals surface area contributed by atoms with Crippen LogP contribution in [0.2, 0.25) is 0 Å². The lowest BCUT2D eigenvalue weighted by atomic mass is 10.2. The predicted octanol–water partition coefficient (Wildman–Crippen LogP) is 1.88. The van der Waals surface area contributed by atoms with Gasteiger partial charge in [-0.1, -0.05) is 6.07 Å². The lowest BCUT2D eigenvalue weighted by molar-refractivity contribution is 0.173. The molecule has 0 saturated carbocycles. The summed E-state index contributed by atoms with van der Waals surface area (Å²) in [4.78, 5) is 2.48. The summed E-state index contributed by atoms with van der Waals surface area (Å²) in [7, 11) is 0. The lowest BCUT2D eigenvalue weighted by Crippen LogP contribution is -2.41. The van der Waals surface area contributed by atoms with Crippen LogP contribution < -0.4 is 9.47 Å². The molecule has 0 amide bonds. The second-order valence-corrected chi connectivity index (χ2v) is 5.74. The maximum absolute atomic E-state index is 5.40. The number of benzene rings is 1. The molecule has 2 aliphatic heterocycles. The summed E-state index contributed by atoms with van der Waals surface area (Å²) in [6.07, 6.45) is 0. The SMILES string of the molecule is IN1CCN(Cc2ccc3c(c2)OCO3)CC1. The van der Waals surface area contributed by atoms with Crippen LogP contribution in [-0.4, -0.2) is 41.0 Å². The van der Waals surface area contributed by atoms with Gasteiger partial charge >= 0.3 is 0 Å². The highest BCUT2D eigenvalue weighted by molar-refractivity contribution is 14.1. The average Bonchev–Trinajstić information content (AvgIpc) is 2.79. The highest BCUT2D eigenvalue weighted by atomic mass is 127. The maximum Gasteiger partial charge on any atom is 0.231 e. The Labute approximate surface area is 115 Å². The van der Waals surface area contributed by atoms with Gasteiger partial charge in [0.25, 0.3) is 0 Å². The number of fused-ring (bicyclic) bond motifs is 1. The van der Waals surface area contributed by atoms with Crippen molar-refractivity contribution in [3.8, 4) is 11.5 Å². The zero-order chi connectivity index (χ0) is 11.7. The van der Waals surface area contributed by atoms with Crippen LogP contribution in [0, 0.1) is 0 Å². The first-order valence-electron chi connectivity index (χ1n) is 5.83. The van der Waals surface area contributed by atoms with Crippen LogP contribution >= 0.6 is 22.9 Å². The Morgan fingerprint density at radius 1 is 1.06 bits per heavy atom. The molecule has 0 unspecified atom stereocenters. The molecule has 0 atom stereocenters. The molecule has 0 aromatic heterocycles. The predicted molar refractivity (Wildman–Crippen MR) is 73.4 cm³/mol. The highest BCUT2D eigenvalue weighted by Gasteiger charge is 2.17. The molecule has 0 radical (unpaired) electrons. The standard InChI is InChI=1S/C12H15IN2O2/c13-15-5-3-14(4-6-15)8-10-1-2-11-12(7-10)17-9-16-11/h1-2,7H,3-6,8-9H2. The van der Waals surface area contributed by atoms with E-state index in [0.717, 1.165) is 44.2 Å². The summed E-state index contributed by atoms with van der Waals surface area (Å²) < 4.78 is 13.1. The van der Waals surface area contributed by atoms with E-state index in [1.54, 1.807) is 0 Å². The molecule has 5 heteroatoms. The van der Waals surface area contributed by atoms with Crippen LogP contribution in [0.3, 0.4) is 0 Å². The third-order valence-corrected chi connectivity index (χ3v) is 4.13. The van der Waals surface area contributed by atoms with Crippen molar-refractivity contribution in [1.82, 2.24) is 8.01 Å². The van der Waals surface area contributed by atoms with E-state index < -0.39 is 0 Å². The number of ether oxygens (including phenoxy) is 2. The monoisotopic (exact) mass is 346 g/mol. The molecule has 17 heavy (non-hydrogen) atoms. The van der Waals surface area contributed by atoms with Gasteiger partial charge in [-0.2, -0.15) is 0 Å². The van der Waals surface area contributed by atoms with Crippen molar-refractivity contribution in [1.29, 1.82) is 0 Å². The Hall–Kier alpha value is -0.530. The third kappa shape index (κ3) is 2.66. The first-order valence-corrected chi connectivity index (χ1v) is 6.79. The van der Waals surface area contributed by atoms with Crippen molar-refractivity contribution in [2.45, 2.75) is 6.54 Å². The quantitative estimate of drug-likeness (QED) is 0.603. The summed E-state index contributed by atoms with van der Waals surface area (Å²) >= 11 is 2.39. The van der Waals surface area contributed by atoms with Gasteiger partial charge in [-0.3, -0.25) is 4.90 Å². The molecule has 1 aromatic carbocycles. The van der Waals surface area contributed by atoms with Crippen molar-refractivity contribution in [3.05, 3.63) is 23.8 Å². The first kappa shape index (κ1) is 11.6. The summed E-state index contributed by atoms with van der Waals surface area (Å²) in [5.41, 5.74) is 1.30. The molecule has 0 aliphatic carbocycles. The van der Waals surface area contributed by atoms with E-state index in [1.165, 1.54) is 5.56 Å². The van der Waals surface area contributed by atoms with Gasteiger partial charge in [0.2, 0.25) is 6.79 Å². The van der Waals surface area contributed by atoms with Crippen molar-refractivity contribution >= 4 is 22.9 Å². The topological polar surface area (TPSA) is 24.9 Å². The van der Waals surface area contributed by atoms with Gasteiger partial charge in [0.1, 0.15) is 0 Å². The zero-order valence-electron chi connectivity index (χ0n) is 9.56. The van der Waals surface area contributed by atoms with Gasteiger partial charge < -0.3 is 9.47 Å². The Kier molecular flexibility index (Phi) is 3.39. The van der Waals surface area contributed by atoms with E-state index in [0.29, 0.717) is 6.79 Å². The van der Waals surface area contributed by atoms with Crippen LogP contribution in [0.25, 0.3) is 0 Å². The molecule has 3 rings (SSSR count). The van der Waals surface area contributed by atoms with Gasteiger partial charge in [-0.25, -0.2) is 3.11 Å². The van der Waals surface area contributed by atoms with Crippen LogP contribution in [0.15, 0.2) is 18.2 Å². The number of nitrogens with zero attached hydrogens (tertiary/aromatic N) is 2. The van der Waals surface area contributed by atoms with Gasteiger partial charge in [0.15, 0.2) is 11.5 Å². The number of hydrogen-bond donors (Lipinski definition) is 0. The molecule has 1 fully saturated rings. The number of piperazine rings is 1. The molecule has 1 saturated heterocycles. The molecule has 2 heterocycles. The van der Waals surface area contributed by atoms with E-state index in [-0.39, 0.29) is 0 Å². The van der Waals surface area contributed by atoms with Crippen LogP contribution in [-0.2, 0) is 6.54 Å². The molecule has 0 N–H and O–H groups in total. The fourth-order valence-electron chi connectivity index (χ4n) is 2.18. The number of rotatable bonds is 2. The minimum Gasteiger partial charge on any atom is -0.454 e. The minimum absolute atomic E-state index is 0.353. The Balaban J connectivity index is 1.65. The van der Waals surface area contributed by atoms with Gasteiger partial charge in [-0.05, 0) is 17.7 Å². The normalized spacial score (nSPS) is 20.8. The van der Waals surface area contributed by atoms with E-state index in [2.05, 4.69) is 43.0 Å². The summed E-state index contributed by atoms with van der Waals surface area (Å²) in [6, 6.07) is 6.23. The summed E-state index contributed by atoms with van der Waals surface area (Å²) in [6.45, 7) is 5.92. The zero-order valence-corrected chi connectivity index (χ0v) is 11.7. The van der Waals surface area contributed by atoms with E-state index in [4.69, 9.17) is 9.47 Å². The van der Waals surface area contributed by atoms with E-state index >= 15 is 0 Å². The molecule has 2 aliphatic rings. The molecule has 0 spiro atoms. The second-order valence-electron chi connectivity index (χ2n) is 4.37. The smallest absolute Gasteiger partial charge is 0.231 e. The van der Waals surface area contributed by atoms with Crippen molar-refractivity contribution in [2.75, 3.05) is 33.0 Å². The van der Waals surface area contributed by atoms with Crippen molar-refractivity contribution in [3.63, 3.8) is 0 Å². The fourth-order valence-corrected chi connectivity index (χ4v) is 2.61. The van der Waals surface area contributed by atoms with Gasteiger partial charge in [-0.15, -0.1) is 0 Å². The minimum atomic E-state index is 0.353. The Morgan fingerprint density at radius 3 is 2.65 bits per heavy atom. The molecular weight excluding hydrogens is 331 g/mol. The van der Waals surface area contributed by atoms with Gasteiger partial charge in [0.05, 0.1) is 0 Å². The molecule has 1 aromatic rings.